The molecule has 0 saturated heterocycles. The van der Waals surface area contributed by atoms with Crippen LogP contribution >= 0.6 is 0 Å². The van der Waals surface area contributed by atoms with E-state index in [0.29, 0.717) is 13.0 Å². The van der Waals surface area contributed by atoms with Crippen LogP contribution in [0.1, 0.15) is 64.6 Å². The molecule has 1 aliphatic rings. The van der Waals surface area contributed by atoms with Gasteiger partial charge in [-0.1, -0.05) is 60.7 Å². The number of likely N-dealkylation sites (N-methyl/N-ethyl adjacent to an activating group) is 1. The number of fused-ring (bicyclic) bond motifs is 1. The van der Waals surface area contributed by atoms with Crippen molar-refractivity contribution in [1.82, 2.24) is 10.6 Å². The zero-order valence-corrected chi connectivity index (χ0v) is 19.9. The number of benzene rings is 3. The van der Waals surface area contributed by atoms with Crippen molar-refractivity contribution < 1.29 is 18.0 Å². The van der Waals surface area contributed by atoms with Crippen molar-refractivity contribution in [2.75, 3.05) is 13.6 Å². The lowest BCUT2D eigenvalue weighted by molar-refractivity contribution is -0.137. The molecule has 0 heterocycles. The maximum Gasteiger partial charge on any atom is 0.416 e. The summed E-state index contributed by atoms with van der Waals surface area (Å²) < 4.78 is 39.4. The molecule has 4 rings (SSSR count). The zero-order chi connectivity index (χ0) is 24.8. The molecule has 184 valence electrons. The second-order valence-corrected chi connectivity index (χ2v) is 9.11. The van der Waals surface area contributed by atoms with Crippen LogP contribution in [0.3, 0.4) is 0 Å². The predicted octanol–water partition coefficient (Wildman–Crippen LogP) is 6.18. The van der Waals surface area contributed by atoms with Crippen LogP contribution < -0.4 is 10.6 Å². The van der Waals surface area contributed by atoms with Gasteiger partial charge in [0.05, 0.1) is 5.56 Å². The van der Waals surface area contributed by atoms with Gasteiger partial charge in [-0.25, -0.2) is 0 Å². The van der Waals surface area contributed by atoms with Crippen LogP contribution in [-0.4, -0.2) is 19.5 Å². The fraction of sp³-hybridized carbons (Fsp3) is 0.345. The van der Waals surface area contributed by atoms with E-state index in [1.165, 1.54) is 17.5 Å². The third kappa shape index (κ3) is 6.12. The summed E-state index contributed by atoms with van der Waals surface area (Å²) in [5.41, 5.74) is 4.87. The maximum atomic E-state index is 13.1. The normalized spacial score (nSPS) is 15.2. The first kappa shape index (κ1) is 25.0. The largest absolute Gasteiger partial charge is 0.416 e. The molecule has 2 N–H and O–H groups in total. The minimum absolute atomic E-state index is 0.0851. The highest BCUT2D eigenvalue weighted by Gasteiger charge is 2.30. The number of carbonyl (C=O) groups is 1. The van der Waals surface area contributed by atoms with Crippen molar-refractivity contribution in [3.05, 3.63) is 106 Å². The van der Waals surface area contributed by atoms with Gasteiger partial charge in [-0.15, -0.1) is 0 Å². The Morgan fingerprint density at radius 2 is 1.51 bits per heavy atom. The monoisotopic (exact) mass is 480 g/mol. The van der Waals surface area contributed by atoms with Crippen LogP contribution in [0.5, 0.6) is 0 Å². The third-order valence-electron chi connectivity index (χ3n) is 6.84. The van der Waals surface area contributed by atoms with Crippen LogP contribution in [0.4, 0.5) is 13.2 Å². The van der Waals surface area contributed by atoms with Gasteiger partial charge < -0.3 is 10.6 Å². The Labute approximate surface area is 204 Å². The van der Waals surface area contributed by atoms with E-state index in [2.05, 4.69) is 28.8 Å². The first-order valence-corrected chi connectivity index (χ1v) is 12.2. The number of alkyl halides is 3. The molecule has 35 heavy (non-hydrogen) atoms. The molecule has 0 aliphatic heterocycles. The van der Waals surface area contributed by atoms with Gasteiger partial charge in [-0.2, -0.15) is 13.2 Å². The summed E-state index contributed by atoms with van der Waals surface area (Å²) in [4.78, 5) is 12.5. The molecular formula is C29H31F3N2O. The molecule has 2 atom stereocenters. The maximum absolute atomic E-state index is 13.1. The fourth-order valence-electron chi connectivity index (χ4n) is 4.92. The molecule has 6 heteroatoms. The number of rotatable bonds is 8. The molecule has 0 spiro atoms. The SMILES string of the molecule is CNC(=O)C(NCC[C@@H](c1ccc(C(F)(F)F)cc1)c1ccc2c(c1)CCCC2)c1ccccc1. The smallest absolute Gasteiger partial charge is 0.358 e. The van der Waals surface area contributed by atoms with Crippen molar-refractivity contribution in [1.29, 1.82) is 0 Å². The van der Waals surface area contributed by atoms with Crippen molar-refractivity contribution >= 4 is 5.91 Å². The quantitative estimate of drug-likeness (QED) is 0.404. The van der Waals surface area contributed by atoms with E-state index in [0.717, 1.165) is 48.1 Å². The zero-order valence-electron chi connectivity index (χ0n) is 19.9. The molecule has 3 aromatic rings. The molecule has 1 aliphatic carbocycles. The standard InChI is InChI=1S/C29H31F3N2O/c1-33-28(35)27(22-8-3-2-4-9-22)34-18-17-26(21-13-15-25(16-14-21)29(30,31)32)24-12-11-20-7-5-6-10-23(20)19-24/h2-4,8-9,11-16,19,26-27,34H,5-7,10,17-18H2,1H3,(H,33,35)/t26-,27?/m0/s1. The minimum Gasteiger partial charge on any atom is -0.358 e. The number of carbonyl (C=O) groups excluding carboxylic acids is 1. The Hall–Kier alpha value is -3.12. The van der Waals surface area contributed by atoms with E-state index in [1.54, 1.807) is 19.2 Å². The minimum atomic E-state index is -4.36. The summed E-state index contributed by atoms with van der Waals surface area (Å²) in [6.07, 6.45) is 0.746. The van der Waals surface area contributed by atoms with Crippen LogP contribution in [-0.2, 0) is 23.8 Å². The molecule has 0 aromatic heterocycles. The van der Waals surface area contributed by atoms with Crippen molar-refractivity contribution in [3.63, 3.8) is 0 Å². The number of halogens is 3. The van der Waals surface area contributed by atoms with Gasteiger partial charge in [0.15, 0.2) is 0 Å². The Morgan fingerprint density at radius 3 is 2.17 bits per heavy atom. The van der Waals surface area contributed by atoms with Crippen LogP contribution in [0.25, 0.3) is 0 Å². The lowest BCUT2D eigenvalue weighted by Crippen LogP contribution is -2.36. The highest BCUT2D eigenvalue weighted by Crippen LogP contribution is 2.34. The molecule has 0 radical (unpaired) electrons. The molecule has 3 nitrogen and oxygen atoms in total. The summed E-state index contributed by atoms with van der Waals surface area (Å²) in [7, 11) is 1.61. The van der Waals surface area contributed by atoms with Gasteiger partial charge in [0.25, 0.3) is 0 Å². The van der Waals surface area contributed by atoms with Gasteiger partial charge in [-0.05, 0) is 78.6 Å². The van der Waals surface area contributed by atoms with Gasteiger partial charge in [0.2, 0.25) is 5.91 Å². The molecular weight excluding hydrogens is 449 g/mol. The summed E-state index contributed by atoms with van der Waals surface area (Å²) in [6.45, 7) is 0.524. The number of hydrogen-bond acceptors (Lipinski definition) is 2. The first-order chi connectivity index (χ1) is 16.9. The predicted molar refractivity (Wildman–Crippen MR) is 132 cm³/mol. The average Bonchev–Trinajstić information content (AvgIpc) is 2.88. The summed E-state index contributed by atoms with van der Waals surface area (Å²) in [5.74, 6) is -0.214. The van der Waals surface area contributed by atoms with Crippen LogP contribution in [0, 0.1) is 0 Å². The molecule has 0 fully saturated rings. The third-order valence-corrected chi connectivity index (χ3v) is 6.84. The van der Waals surface area contributed by atoms with Gasteiger partial charge in [-0.3, -0.25) is 4.79 Å². The lowest BCUT2D eigenvalue weighted by Gasteiger charge is -2.24. The van der Waals surface area contributed by atoms with Crippen molar-refractivity contribution in [3.8, 4) is 0 Å². The Morgan fingerprint density at radius 1 is 0.857 bits per heavy atom. The van der Waals surface area contributed by atoms with E-state index in [-0.39, 0.29) is 11.8 Å². The number of amides is 1. The molecule has 1 amide bonds. The summed E-state index contributed by atoms with van der Waals surface area (Å²) >= 11 is 0. The molecule has 0 bridgehead atoms. The highest BCUT2D eigenvalue weighted by molar-refractivity contribution is 5.82. The van der Waals surface area contributed by atoms with Gasteiger partial charge in [0, 0.05) is 13.0 Å². The Balaban J connectivity index is 1.58. The molecule has 1 unspecified atom stereocenters. The topological polar surface area (TPSA) is 41.1 Å². The van der Waals surface area contributed by atoms with E-state index in [1.807, 2.05) is 30.3 Å². The second kappa shape index (κ2) is 11.1. The van der Waals surface area contributed by atoms with Crippen molar-refractivity contribution in [2.24, 2.45) is 0 Å². The van der Waals surface area contributed by atoms with Crippen molar-refractivity contribution in [2.45, 2.75) is 50.2 Å². The second-order valence-electron chi connectivity index (χ2n) is 9.11. The van der Waals surface area contributed by atoms with E-state index in [4.69, 9.17) is 0 Å². The highest BCUT2D eigenvalue weighted by atomic mass is 19.4. The number of aryl methyl sites for hydroxylation is 2. The number of hydrogen-bond donors (Lipinski definition) is 2. The van der Waals surface area contributed by atoms with E-state index < -0.39 is 17.8 Å². The van der Waals surface area contributed by atoms with Gasteiger partial charge in [0.1, 0.15) is 6.04 Å². The fourth-order valence-corrected chi connectivity index (χ4v) is 4.92. The number of nitrogens with one attached hydrogen (secondary N) is 2. The van der Waals surface area contributed by atoms with Gasteiger partial charge >= 0.3 is 6.18 Å². The molecule has 3 aromatic carbocycles. The van der Waals surface area contributed by atoms with Crippen LogP contribution in [0.2, 0.25) is 0 Å². The van der Waals surface area contributed by atoms with E-state index in [9.17, 15) is 18.0 Å². The lowest BCUT2D eigenvalue weighted by atomic mass is 9.83. The molecule has 0 saturated carbocycles. The van der Waals surface area contributed by atoms with E-state index >= 15 is 0 Å². The first-order valence-electron chi connectivity index (χ1n) is 12.2. The van der Waals surface area contributed by atoms with Crippen LogP contribution in [0.15, 0.2) is 72.8 Å². The summed E-state index contributed by atoms with van der Waals surface area (Å²) in [6, 6.07) is 21.0. The summed E-state index contributed by atoms with van der Waals surface area (Å²) in [5, 5.41) is 6.07. The Kier molecular flexibility index (Phi) is 7.91. The average molecular weight is 481 g/mol. The Bertz CT molecular complexity index is 1130.